The summed E-state index contributed by atoms with van der Waals surface area (Å²) in [4.78, 5) is 16.9. The molecule has 0 unspecified atom stereocenters. The molecule has 5 rings (SSSR count). The van der Waals surface area contributed by atoms with Gasteiger partial charge in [-0.2, -0.15) is 18.3 Å². The summed E-state index contributed by atoms with van der Waals surface area (Å²) < 4.78 is 51.1. The monoisotopic (exact) mass is 485 g/mol. The zero-order valence-corrected chi connectivity index (χ0v) is 18.5. The summed E-state index contributed by atoms with van der Waals surface area (Å²) in [5.41, 5.74) is 1.53. The summed E-state index contributed by atoms with van der Waals surface area (Å²) in [7, 11) is 0. The van der Waals surface area contributed by atoms with Gasteiger partial charge in [0.15, 0.2) is 11.5 Å². The largest absolute Gasteiger partial charge is 0.490 e. The van der Waals surface area contributed by atoms with E-state index >= 15 is 0 Å². The molecule has 6 nitrogen and oxygen atoms in total. The van der Waals surface area contributed by atoms with Gasteiger partial charge < -0.3 is 9.47 Å². The van der Waals surface area contributed by atoms with E-state index in [-0.39, 0.29) is 12.1 Å². The Bertz CT molecular complexity index is 1380. The van der Waals surface area contributed by atoms with E-state index < -0.39 is 11.7 Å². The SMILES string of the molecule is O=c1ccc(-c2ccc3c(c2)OCCCO3)nn1Cc1csc(-c2ccc(C(F)(F)F)cc2)n1. The van der Waals surface area contributed by atoms with E-state index in [1.165, 1.54) is 34.2 Å². The van der Waals surface area contributed by atoms with E-state index in [9.17, 15) is 18.0 Å². The average Bonchev–Trinajstić information content (AvgIpc) is 3.16. The van der Waals surface area contributed by atoms with Crippen LogP contribution in [0, 0.1) is 0 Å². The lowest BCUT2D eigenvalue weighted by Gasteiger charge is -2.10. The number of hydrogen-bond donors (Lipinski definition) is 0. The Hall–Kier alpha value is -3.66. The van der Waals surface area contributed by atoms with Gasteiger partial charge in [0.25, 0.3) is 5.56 Å². The fourth-order valence-corrected chi connectivity index (χ4v) is 4.32. The maximum absolute atomic E-state index is 12.8. The van der Waals surface area contributed by atoms with Crippen LogP contribution in [-0.4, -0.2) is 28.0 Å². The van der Waals surface area contributed by atoms with Crippen LogP contribution in [0.25, 0.3) is 21.8 Å². The van der Waals surface area contributed by atoms with E-state index in [0.717, 1.165) is 24.1 Å². The van der Waals surface area contributed by atoms with Crippen molar-refractivity contribution in [3.63, 3.8) is 0 Å². The zero-order valence-electron chi connectivity index (χ0n) is 17.7. The molecular formula is C24H18F3N3O3S. The first-order valence-electron chi connectivity index (χ1n) is 10.5. The van der Waals surface area contributed by atoms with Crippen LogP contribution >= 0.6 is 11.3 Å². The van der Waals surface area contributed by atoms with Crippen LogP contribution in [0.2, 0.25) is 0 Å². The predicted molar refractivity (Wildman–Crippen MR) is 121 cm³/mol. The van der Waals surface area contributed by atoms with Crippen LogP contribution in [-0.2, 0) is 12.7 Å². The average molecular weight is 485 g/mol. The molecule has 174 valence electrons. The maximum atomic E-state index is 12.8. The molecule has 0 bridgehead atoms. The Morgan fingerprint density at radius 2 is 1.68 bits per heavy atom. The molecule has 0 spiro atoms. The molecule has 0 atom stereocenters. The number of benzene rings is 2. The number of ether oxygens (including phenoxy) is 2. The van der Waals surface area contributed by atoms with Crippen molar-refractivity contribution < 1.29 is 22.6 Å². The van der Waals surface area contributed by atoms with Crippen molar-refractivity contribution in [1.29, 1.82) is 0 Å². The van der Waals surface area contributed by atoms with Gasteiger partial charge in [-0.1, -0.05) is 12.1 Å². The molecule has 0 fully saturated rings. The van der Waals surface area contributed by atoms with Gasteiger partial charge in [-0.05, 0) is 36.4 Å². The quantitative estimate of drug-likeness (QED) is 0.394. The highest BCUT2D eigenvalue weighted by molar-refractivity contribution is 7.13. The Balaban J connectivity index is 1.38. The second-order valence-corrected chi connectivity index (χ2v) is 8.50. The Morgan fingerprint density at radius 1 is 0.941 bits per heavy atom. The topological polar surface area (TPSA) is 66.2 Å². The molecule has 0 saturated heterocycles. The predicted octanol–water partition coefficient (Wildman–Crippen LogP) is 5.26. The number of hydrogen-bond acceptors (Lipinski definition) is 6. The van der Waals surface area contributed by atoms with Crippen molar-refractivity contribution >= 4 is 11.3 Å². The molecule has 34 heavy (non-hydrogen) atoms. The van der Waals surface area contributed by atoms with Gasteiger partial charge in [0.1, 0.15) is 5.01 Å². The fourth-order valence-electron chi connectivity index (χ4n) is 3.51. The van der Waals surface area contributed by atoms with Crippen molar-refractivity contribution in [2.45, 2.75) is 19.1 Å². The molecule has 4 aromatic rings. The Kier molecular flexibility index (Phi) is 5.82. The highest BCUT2D eigenvalue weighted by atomic mass is 32.1. The number of halogens is 3. The van der Waals surface area contributed by atoms with E-state index in [4.69, 9.17) is 9.47 Å². The van der Waals surface area contributed by atoms with E-state index in [0.29, 0.717) is 46.7 Å². The molecule has 0 aliphatic carbocycles. The number of alkyl halides is 3. The second-order valence-electron chi connectivity index (χ2n) is 7.65. The summed E-state index contributed by atoms with van der Waals surface area (Å²) in [6, 6.07) is 13.4. The van der Waals surface area contributed by atoms with Gasteiger partial charge >= 0.3 is 6.18 Å². The molecule has 0 saturated carbocycles. The molecule has 1 aliphatic heterocycles. The zero-order chi connectivity index (χ0) is 23.7. The normalized spacial score (nSPS) is 13.5. The first-order chi connectivity index (χ1) is 16.4. The number of fused-ring (bicyclic) bond motifs is 1. The molecule has 0 radical (unpaired) electrons. The first kappa shape index (κ1) is 22.1. The fraction of sp³-hybridized carbons (Fsp3) is 0.208. The van der Waals surface area contributed by atoms with Gasteiger partial charge in [-0.15, -0.1) is 11.3 Å². The van der Waals surface area contributed by atoms with E-state index in [2.05, 4.69) is 10.1 Å². The van der Waals surface area contributed by atoms with E-state index in [1.807, 2.05) is 18.2 Å². The number of rotatable bonds is 4. The smallest absolute Gasteiger partial charge is 0.416 e. The third kappa shape index (κ3) is 4.67. The van der Waals surface area contributed by atoms with Crippen LogP contribution in [0.5, 0.6) is 11.5 Å². The van der Waals surface area contributed by atoms with Crippen molar-refractivity contribution in [3.8, 4) is 33.3 Å². The summed E-state index contributed by atoms with van der Waals surface area (Å²) >= 11 is 1.29. The number of nitrogens with zero attached hydrogens (tertiary/aromatic N) is 3. The number of thiazole rings is 1. The minimum absolute atomic E-state index is 0.133. The van der Waals surface area contributed by atoms with Gasteiger partial charge in [0, 0.05) is 29.0 Å². The first-order valence-corrected chi connectivity index (χ1v) is 11.3. The lowest BCUT2D eigenvalue weighted by atomic mass is 10.1. The molecule has 2 aromatic carbocycles. The molecule has 0 N–H and O–H groups in total. The molecule has 1 aliphatic rings. The lowest BCUT2D eigenvalue weighted by Crippen LogP contribution is -2.23. The Labute approximate surface area is 196 Å². The third-order valence-corrected chi connectivity index (χ3v) is 6.17. The van der Waals surface area contributed by atoms with Gasteiger partial charge in [0.05, 0.1) is 36.7 Å². The maximum Gasteiger partial charge on any atom is 0.416 e. The van der Waals surface area contributed by atoms with Gasteiger partial charge in [0.2, 0.25) is 0 Å². The number of aromatic nitrogens is 3. The van der Waals surface area contributed by atoms with Crippen molar-refractivity contribution in [3.05, 3.63) is 81.6 Å². The summed E-state index contributed by atoms with van der Waals surface area (Å²) in [6.45, 7) is 1.29. The molecule has 0 amide bonds. The van der Waals surface area contributed by atoms with Crippen LogP contribution in [0.1, 0.15) is 17.7 Å². The highest BCUT2D eigenvalue weighted by Gasteiger charge is 2.30. The van der Waals surface area contributed by atoms with Crippen molar-refractivity contribution in [2.75, 3.05) is 13.2 Å². The standard InChI is InChI=1S/C24H18F3N3O3S/c25-24(26,27)17-5-2-15(3-6-17)23-28-18(14-34-23)13-30-22(31)9-7-19(29-30)16-4-8-20-21(12-16)33-11-1-10-32-20/h2-9,12,14H,1,10-11,13H2. The summed E-state index contributed by atoms with van der Waals surface area (Å²) in [5.74, 6) is 1.31. The van der Waals surface area contributed by atoms with Crippen molar-refractivity contribution in [2.24, 2.45) is 0 Å². The molecule has 2 aromatic heterocycles. The van der Waals surface area contributed by atoms with Crippen molar-refractivity contribution in [1.82, 2.24) is 14.8 Å². The van der Waals surface area contributed by atoms with Gasteiger partial charge in [-0.25, -0.2) is 9.67 Å². The molecule has 3 heterocycles. The van der Waals surface area contributed by atoms with Crippen LogP contribution in [0.15, 0.2) is 64.8 Å². The second kappa shape index (κ2) is 8.94. The van der Waals surface area contributed by atoms with Gasteiger partial charge in [-0.3, -0.25) is 4.79 Å². The minimum Gasteiger partial charge on any atom is -0.490 e. The highest BCUT2D eigenvalue weighted by Crippen LogP contribution is 2.34. The Morgan fingerprint density at radius 3 is 2.44 bits per heavy atom. The summed E-state index contributed by atoms with van der Waals surface area (Å²) in [6.07, 6.45) is -3.59. The molecule has 10 heteroatoms. The third-order valence-electron chi connectivity index (χ3n) is 5.23. The minimum atomic E-state index is -4.39. The van der Waals surface area contributed by atoms with Crippen LogP contribution in [0.3, 0.4) is 0 Å². The molecular weight excluding hydrogens is 467 g/mol. The lowest BCUT2D eigenvalue weighted by molar-refractivity contribution is -0.137. The van der Waals surface area contributed by atoms with Crippen LogP contribution < -0.4 is 15.0 Å². The van der Waals surface area contributed by atoms with Crippen LogP contribution in [0.4, 0.5) is 13.2 Å². The summed E-state index contributed by atoms with van der Waals surface area (Å²) in [5, 5.41) is 6.81. The van der Waals surface area contributed by atoms with E-state index in [1.54, 1.807) is 11.4 Å².